The van der Waals surface area contributed by atoms with E-state index in [2.05, 4.69) is 126 Å². The average Bonchev–Trinajstić information content (AvgIpc) is 3.11. The second-order valence-corrected chi connectivity index (χ2v) is 11.3. The Morgan fingerprint density at radius 2 is 0.848 bits per heavy atom. The van der Waals surface area contributed by atoms with Gasteiger partial charge in [-0.05, 0) is 91.3 Å². The predicted octanol–water partition coefficient (Wildman–Crippen LogP) is 11.0. The topological polar surface area (TPSA) is 40.6 Å². The summed E-state index contributed by atoms with van der Waals surface area (Å²) >= 11 is 0. The van der Waals surface area contributed by atoms with Gasteiger partial charge < -0.3 is 9.80 Å². The molecule has 4 nitrogen and oxygen atoms in total. The molecule has 0 aromatic heterocycles. The van der Waals surface area contributed by atoms with E-state index in [9.17, 15) is 9.59 Å². The number of nitrogens with zero attached hydrogens (tertiary/aromatic N) is 2. The summed E-state index contributed by atoms with van der Waals surface area (Å²) in [6.45, 7) is 3.92. The van der Waals surface area contributed by atoms with E-state index < -0.39 is 0 Å². The van der Waals surface area contributed by atoms with E-state index in [-0.39, 0.29) is 18.0 Å². The van der Waals surface area contributed by atoms with E-state index in [0.717, 1.165) is 39.7 Å². The van der Waals surface area contributed by atoms with Crippen LogP contribution in [0.2, 0.25) is 0 Å². The highest BCUT2D eigenvalue weighted by molar-refractivity contribution is 6.02. The first-order valence-electron chi connectivity index (χ1n) is 15.6. The molecule has 0 spiro atoms. The molecule has 0 radical (unpaired) electrons. The van der Waals surface area contributed by atoms with Crippen molar-refractivity contribution < 1.29 is 9.59 Å². The highest BCUT2D eigenvalue weighted by atomic mass is 16.1. The van der Waals surface area contributed by atoms with Crippen LogP contribution in [0.5, 0.6) is 0 Å². The Kier molecular flexibility index (Phi) is 9.17. The maximum atomic E-state index is 13.1. The molecular weight excluding hydrogens is 564 g/mol. The Bertz CT molecular complexity index is 1880. The summed E-state index contributed by atoms with van der Waals surface area (Å²) in [4.78, 5) is 29.8. The van der Waals surface area contributed by atoms with Gasteiger partial charge >= 0.3 is 0 Å². The van der Waals surface area contributed by atoms with Gasteiger partial charge in [0, 0.05) is 58.1 Å². The third-order valence-corrected chi connectivity index (χ3v) is 8.07. The molecule has 4 heteroatoms. The van der Waals surface area contributed by atoms with E-state index in [1.165, 1.54) is 5.56 Å². The van der Waals surface area contributed by atoms with Crippen LogP contribution in [-0.2, 0) is 6.42 Å². The third kappa shape index (κ3) is 6.82. The van der Waals surface area contributed by atoms with E-state index >= 15 is 0 Å². The SMILES string of the molecule is CCC(=O)c1cccc(C(=O)Cc2ccc(N(c3ccc(C)cc3)c3ccc(N(c4ccccc4)c4ccccc4)cc3)cc2)c1. The van der Waals surface area contributed by atoms with E-state index in [4.69, 9.17) is 0 Å². The fraction of sp³-hybridized carbons (Fsp3) is 0.0952. The summed E-state index contributed by atoms with van der Waals surface area (Å²) in [6, 6.07) is 53.1. The zero-order valence-electron chi connectivity index (χ0n) is 26.1. The number of hydrogen-bond donors (Lipinski definition) is 0. The maximum absolute atomic E-state index is 13.1. The van der Waals surface area contributed by atoms with Gasteiger partial charge in [0.15, 0.2) is 11.6 Å². The number of aryl methyl sites for hydroxylation is 1. The van der Waals surface area contributed by atoms with Crippen molar-refractivity contribution >= 4 is 45.7 Å². The van der Waals surface area contributed by atoms with Crippen molar-refractivity contribution in [2.24, 2.45) is 0 Å². The van der Waals surface area contributed by atoms with Crippen LogP contribution in [0.15, 0.2) is 158 Å². The lowest BCUT2D eigenvalue weighted by Gasteiger charge is -2.28. The van der Waals surface area contributed by atoms with Gasteiger partial charge in [0.05, 0.1) is 0 Å². The van der Waals surface area contributed by atoms with Gasteiger partial charge in [-0.25, -0.2) is 0 Å². The molecule has 0 saturated heterocycles. The number of carbonyl (C=O) groups excluding carboxylic acids is 2. The van der Waals surface area contributed by atoms with E-state index in [1.807, 2.05) is 31.2 Å². The molecule has 0 saturated carbocycles. The molecule has 0 aliphatic carbocycles. The lowest BCUT2D eigenvalue weighted by Crippen LogP contribution is -2.12. The summed E-state index contributed by atoms with van der Waals surface area (Å²) in [6.07, 6.45) is 0.676. The number of Topliss-reactive ketones (excluding diaryl/α,β-unsaturated/α-hetero) is 2. The first-order chi connectivity index (χ1) is 22.5. The number of hydrogen-bond acceptors (Lipinski definition) is 4. The number of rotatable bonds is 11. The third-order valence-electron chi connectivity index (χ3n) is 8.07. The molecule has 0 aliphatic heterocycles. The Morgan fingerprint density at radius 1 is 0.457 bits per heavy atom. The first kappa shape index (κ1) is 30.3. The Balaban J connectivity index is 1.30. The molecule has 0 heterocycles. The molecule has 46 heavy (non-hydrogen) atoms. The minimum Gasteiger partial charge on any atom is -0.311 e. The van der Waals surface area contributed by atoms with Gasteiger partial charge in [0.25, 0.3) is 0 Å². The van der Waals surface area contributed by atoms with Gasteiger partial charge in [-0.2, -0.15) is 0 Å². The van der Waals surface area contributed by atoms with Gasteiger partial charge in [0.1, 0.15) is 0 Å². The van der Waals surface area contributed by atoms with Crippen molar-refractivity contribution in [3.63, 3.8) is 0 Å². The van der Waals surface area contributed by atoms with Gasteiger partial charge in [0.2, 0.25) is 0 Å². The van der Waals surface area contributed by atoms with Gasteiger partial charge in [-0.1, -0.05) is 91.3 Å². The monoisotopic (exact) mass is 600 g/mol. The quantitative estimate of drug-likeness (QED) is 0.139. The number of para-hydroxylation sites is 2. The Hall–Kier alpha value is -5.74. The van der Waals surface area contributed by atoms with Crippen LogP contribution in [0.25, 0.3) is 0 Å². The van der Waals surface area contributed by atoms with Gasteiger partial charge in [-0.15, -0.1) is 0 Å². The smallest absolute Gasteiger partial charge is 0.167 e. The zero-order chi connectivity index (χ0) is 31.9. The second kappa shape index (κ2) is 13.9. The van der Waals surface area contributed by atoms with Crippen LogP contribution in [0.1, 0.15) is 45.2 Å². The summed E-state index contributed by atoms with van der Waals surface area (Å²) < 4.78 is 0. The molecule has 0 fully saturated rings. The summed E-state index contributed by atoms with van der Waals surface area (Å²) in [5, 5.41) is 0. The molecule has 0 unspecified atom stereocenters. The number of ketones is 2. The number of carbonyl (C=O) groups is 2. The minimum absolute atomic E-state index is 0.00845. The molecule has 0 bridgehead atoms. The number of anilines is 6. The van der Waals surface area contributed by atoms with Gasteiger partial charge in [-0.3, -0.25) is 9.59 Å². The molecule has 0 amide bonds. The van der Waals surface area contributed by atoms with Crippen LogP contribution >= 0.6 is 0 Å². The summed E-state index contributed by atoms with van der Waals surface area (Å²) in [5.74, 6) is 0.0296. The molecule has 6 rings (SSSR count). The average molecular weight is 601 g/mol. The lowest BCUT2D eigenvalue weighted by molar-refractivity contribution is 0.0988. The van der Waals surface area contributed by atoms with Crippen molar-refractivity contribution in [2.75, 3.05) is 9.80 Å². The van der Waals surface area contributed by atoms with Crippen LogP contribution < -0.4 is 9.80 Å². The fourth-order valence-electron chi connectivity index (χ4n) is 5.61. The first-order valence-corrected chi connectivity index (χ1v) is 15.6. The lowest BCUT2D eigenvalue weighted by atomic mass is 9.99. The van der Waals surface area contributed by atoms with Crippen LogP contribution in [0, 0.1) is 6.92 Å². The highest BCUT2D eigenvalue weighted by Crippen LogP contribution is 2.39. The largest absolute Gasteiger partial charge is 0.311 e. The fourth-order valence-corrected chi connectivity index (χ4v) is 5.61. The standard InChI is InChI=1S/C42H36N2O2/c1-3-41(45)33-11-10-12-34(30-33)42(46)29-32-19-23-38(24-20-32)44(37-21-17-31(2)18-22-37)40-27-25-39(26-28-40)43(35-13-6-4-7-14-35)36-15-8-5-9-16-36/h4-28,30H,3,29H2,1-2H3. The predicted molar refractivity (Wildman–Crippen MR) is 190 cm³/mol. The molecular formula is C42H36N2O2. The normalized spacial score (nSPS) is 10.7. The molecule has 0 atom stereocenters. The van der Waals surface area contributed by atoms with Crippen molar-refractivity contribution in [2.45, 2.75) is 26.7 Å². The van der Waals surface area contributed by atoms with Crippen molar-refractivity contribution in [3.05, 3.63) is 180 Å². The van der Waals surface area contributed by atoms with Crippen molar-refractivity contribution in [1.82, 2.24) is 0 Å². The van der Waals surface area contributed by atoms with Crippen LogP contribution in [-0.4, -0.2) is 11.6 Å². The zero-order valence-corrected chi connectivity index (χ0v) is 26.1. The van der Waals surface area contributed by atoms with E-state index in [0.29, 0.717) is 17.5 Å². The molecule has 0 N–H and O–H groups in total. The van der Waals surface area contributed by atoms with Crippen molar-refractivity contribution in [3.8, 4) is 0 Å². The second-order valence-electron chi connectivity index (χ2n) is 11.3. The minimum atomic E-state index is -0.00845. The summed E-state index contributed by atoms with van der Waals surface area (Å²) in [7, 11) is 0. The highest BCUT2D eigenvalue weighted by Gasteiger charge is 2.17. The molecule has 0 aliphatic rings. The van der Waals surface area contributed by atoms with Crippen LogP contribution in [0.3, 0.4) is 0 Å². The molecule has 6 aromatic rings. The van der Waals surface area contributed by atoms with E-state index in [1.54, 1.807) is 24.3 Å². The molecule has 6 aromatic carbocycles. The summed E-state index contributed by atoms with van der Waals surface area (Å²) in [5.41, 5.74) is 9.55. The van der Waals surface area contributed by atoms with Crippen LogP contribution in [0.4, 0.5) is 34.1 Å². The Morgan fingerprint density at radius 3 is 1.30 bits per heavy atom. The maximum Gasteiger partial charge on any atom is 0.167 e. The molecule has 226 valence electrons. The Labute approximate surface area is 271 Å². The van der Waals surface area contributed by atoms with Crippen molar-refractivity contribution in [1.29, 1.82) is 0 Å². The number of benzene rings is 6.